The van der Waals surface area contributed by atoms with E-state index in [1.807, 2.05) is 18.2 Å². The summed E-state index contributed by atoms with van der Waals surface area (Å²) < 4.78 is 18.7. The van der Waals surface area contributed by atoms with Crippen LogP contribution in [0.3, 0.4) is 0 Å². The molecule has 0 unspecified atom stereocenters. The topological polar surface area (TPSA) is 25.2 Å². The van der Waals surface area contributed by atoms with Gasteiger partial charge in [-0.25, -0.2) is 4.39 Å². The van der Waals surface area contributed by atoms with Crippen LogP contribution in [0.5, 0.6) is 0 Å². The second kappa shape index (κ2) is 4.34. The summed E-state index contributed by atoms with van der Waals surface area (Å²) in [7, 11) is 0. The maximum atomic E-state index is 13.1. The van der Waals surface area contributed by atoms with Gasteiger partial charge in [-0.05, 0) is 37.1 Å². The molecule has 0 spiro atoms. The zero-order valence-corrected chi connectivity index (χ0v) is 9.45. The molecule has 3 heteroatoms. The molecule has 2 nitrogen and oxygen atoms in total. The van der Waals surface area contributed by atoms with E-state index in [4.69, 9.17) is 4.42 Å². The Kier molecular flexibility index (Phi) is 2.69. The highest BCUT2D eigenvalue weighted by molar-refractivity contribution is 5.57. The molecule has 0 aliphatic heterocycles. The van der Waals surface area contributed by atoms with E-state index in [-0.39, 0.29) is 5.82 Å². The number of rotatable bonds is 4. The van der Waals surface area contributed by atoms with Gasteiger partial charge in [0.05, 0.1) is 6.54 Å². The summed E-state index contributed by atoms with van der Waals surface area (Å²) in [5.41, 5.74) is 0.780. The summed E-state index contributed by atoms with van der Waals surface area (Å²) in [5, 5.41) is 3.38. The Balaban J connectivity index is 1.74. The summed E-state index contributed by atoms with van der Waals surface area (Å²) >= 11 is 0. The van der Waals surface area contributed by atoms with Crippen LogP contribution in [0.2, 0.25) is 0 Å². The fraction of sp³-hybridized carbons (Fsp3) is 0.286. The third kappa shape index (κ3) is 2.56. The molecule has 0 radical (unpaired) electrons. The molecule has 1 saturated carbocycles. The molecule has 0 bridgehead atoms. The first-order valence-electron chi connectivity index (χ1n) is 5.89. The lowest BCUT2D eigenvalue weighted by atomic mass is 10.2. The zero-order valence-electron chi connectivity index (χ0n) is 9.45. The smallest absolute Gasteiger partial charge is 0.134 e. The van der Waals surface area contributed by atoms with E-state index >= 15 is 0 Å². The van der Waals surface area contributed by atoms with Crippen molar-refractivity contribution in [3.63, 3.8) is 0 Å². The molecule has 0 atom stereocenters. The fourth-order valence-electron chi connectivity index (χ4n) is 1.80. The lowest BCUT2D eigenvalue weighted by Gasteiger charge is -1.99. The van der Waals surface area contributed by atoms with Crippen molar-refractivity contribution in [3.05, 3.63) is 48.0 Å². The Labute approximate surface area is 99.5 Å². The quantitative estimate of drug-likeness (QED) is 0.873. The number of hydrogen-bond acceptors (Lipinski definition) is 2. The first-order valence-corrected chi connectivity index (χ1v) is 5.89. The van der Waals surface area contributed by atoms with E-state index in [1.165, 1.54) is 25.0 Å². The Bertz CT molecular complexity index is 516. The maximum Gasteiger partial charge on any atom is 0.134 e. The molecule has 0 saturated heterocycles. The highest BCUT2D eigenvalue weighted by Gasteiger charge is 2.20. The van der Waals surface area contributed by atoms with Gasteiger partial charge in [-0.1, -0.05) is 12.1 Å². The lowest BCUT2D eigenvalue weighted by Crippen LogP contribution is -2.14. The van der Waals surface area contributed by atoms with Crippen molar-refractivity contribution < 1.29 is 8.81 Å². The number of furan rings is 1. The van der Waals surface area contributed by atoms with E-state index in [0.29, 0.717) is 6.04 Å². The van der Waals surface area contributed by atoms with Crippen molar-refractivity contribution in [2.45, 2.75) is 25.4 Å². The first-order chi connectivity index (χ1) is 8.31. The van der Waals surface area contributed by atoms with E-state index in [1.54, 1.807) is 6.07 Å². The van der Waals surface area contributed by atoms with Crippen molar-refractivity contribution in [2.24, 2.45) is 0 Å². The van der Waals surface area contributed by atoms with Gasteiger partial charge in [0.25, 0.3) is 0 Å². The molecule has 1 fully saturated rings. The van der Waals surface area contributed by atoms with Gasteiger partial charge < -0.3 is 9.73 Å². The predicted molar refractivity (Wildman–Crippen MR) is 64.0 cm³/mol. The molecule has 1 aliphatic rings. The van der Waals surface area contributed by atoms with Crippen molar-refractivity contribution in [3.8, 4) is 11.3 Å². The molecule has 1 aliphatic carbocycles. The summed E-state index contributed by atoms with van der Waals surface area (Å²) in [6.07, 6.45) is 2.52. The Hall–Kier alpha value is -1.61. The average Bonchev–Trinajstić information content (AvgIpc) is 3.04. The monoisotopic (exact) mass is 231 g/mol. The lowest BCUT2D eigenvalue weighted by molar-refractivity contribution is 0.492. The largest absolute Gasteiger partial charge is 0.460 e. The third-order valence-electron chi connectivity index (χ3n) is 2.91. The minimum atomic E-state index is -0.239. The molecule has 1 aromatic carbocycles. The van der Waals surface area contributed by atoms with Gasteiger partial charge in [-0.2, -0.15) is 0 Å². The Morgan fingerprint density at radius 1 is 1.24 bits per heavy atom. The second-order valence-electron chi connectivity index (χ2n) is 4.43. The average molecular weight is 231 g/mol. The van der Waals surface area contributed by atoms with E-state index in [9.17, 15) is 4.39 Å². The van der Waals surface area contributed by atoms with E-state index in [2.05, 4.69) is 5.32 Å². The predicted octanol–water partition coefficient (Wildman–Crippen LogP) is 3.34. The molecule has 1 heterocycles. The molecular formula is C14H14FNO. The van der Waals surface area contributed by atoms with Crippen LogP contribution in [-0.4, -0.2) is 6.04 Å². The van der Waals surface area contributed by atoms with Crippen LogP contribution in [-0.2, 0) is 6.54 Å². The zero-order chi connectivity index (χ0) is 11.7. The number of benzene rings is 1. The van der Waals surface area contributed by atoms with Gasteiger partial charge in [0, 0.05) is 11.6 Å². The molecule has 0 amide bonds. The summed E-state index contributed by atoms with van der Waals surface area (Å²) in [5.74, 6) is 1.38. The van der Waals surface area contributed by atoms with Crippen molar-refractivity contribution in [1.29, 1.82) is 0 Å². The molecule has 3 rings (SSSR count). The minimum absolute atomic E-state index is 0.239. The SMILES string of the molecule is Fc1cccc(-c2ccc(CNC3CC3)o2)c1. The van der Waals surface area contributed by atoms with Gasteiger partial charge in [0.15, 0.2) is 0 Å². The van der Waals surface area contributed by atoms with Crippen LogP contribution in [0.1, 0.15) is 18.6 Å². The van der Waals surface area contributed by atoms with Gasteiger partial charge in [-0.3, -0.25) is 0 Å². The van der Waals surface area contributed by atoms with E-state index in [0.717, 1.165) is 23.6 Å². The number of nitrogens with one attached hydrogen (secondary N) is 1. The number of hydrogen-bond donors (Lipinski definition) is 1. The molecule has 1 aromatic heterocycles. The summed E-state index contributed by atoms with van der Waals surface area (Å²) in [6, 6.07) is 10.9. The highest BCUT2D eigenvalue weighted by Crippen LogP contribution is 2.24. The van der Waals surface area contributed by atoms with Crippen LogP contribution in [0, 0.1) is 5.82 Å². The van der Waals surface area contributed by atoms with Gasteiger partial charge in [-0.15, -0.1) is 0 Å². The number of halogens is 1. The normalized spacial score (nSPS) is 15.1. The van der Waals surface area contributed by atoms with Crippen LogP contribution in [0.15, 0.2) is 40.8 Å². The molecule has 17 heavy (non-hydrogen) atoms. The summed E-state index contributed by atoms with van der Waals surface area (Å²) in [4.78, 5) is 0. The van der Waals surface area contributed by atoms with Crippen LogP contribution in [0.25, 0.3) is 11.3 Å². The van der Waals surface area contributed by atoms with Crippen LogP contribution in [0.4, 0.5) is 4.39 Å². The van der Waals surface area contributed by atoms with Gasteiger partial charge in [0.1, 0.15) is 17.3 Å². The van der Waals surface area contributed by atoms with Crippen molar-refractivity contribution in [2.75, 3.05) is 0 Å². The van der Waals surface area contributed by atoms with Crippen molar-refractivity contribution >= 4 is 0 Å². The van der Waals surface area contributed by atoms with Gasteiger partial charge in [0.2, 0.25) is 0 Å². The maximum absolute atomic E-state index is 13.1. The third-order valence-corrected chi connectivity index (χ3v) is 2.91. The standard InChI is InChI=1S/C14H14FNO/c15-11-3-1-2-10(8-11)14-7-6-13(17-14)9-16-12-4-5-12/h1-3,6-8,12,16H,4-5,9H2. The first kappa shape index (κ1) is 10.5. The second-order valence-corrected chi connectivity index (χ2v) is 4.43. The van der Waals surface area contributed by atoms with Crippen LogP contribution >= 0.6 is 0 Å². The van der Waals surface area contributed by atoms with Gasteiger partial charge >= 0.3 is 0 Å². The molecule has 88 valence electrons. The molecule has 2 aromatic rings. The van der Waals surface area contributed by atoms with Crippen LogP contribution < -0.4 is 5.32 Å². The van der Waals surface area contributed by atoms with E-state index < -0.39 is 0 Å². The minimum Gasteiger partial charge on any atom is -0.460 e. The Morgan fingerprint density at radius 2 is 2.12 bits per heavy atom. The molecule has 1 N–H and O–H groups in total. The Morgan fingerprint density at radius 3 is 2.88 bits per heavy atom. The summed E-state index contributed by atoms with van der Waals surface area (Å²) in [6.45, 7) is 0.750. The highest BCUT2D eigenvalue weighted by atomic mass is 19.1. The fourth-order valence-corrected chi connectivity index (χ4v) is 1.80. The van der Waals surface area contributed by atoms with Crippen molar-refractivity contribution in [1.82, 2.24) is 5.32 Å². The molecular weight excluding hydrogens is 217 g/mol.